The molecule has 1 aromatic carbocycles. The van der Waals surface area contributed by atoms with Gasteiger partial charge in [0, 0.05) is 40.0 Å². The highest BCUT2D eigenvalue weighted by Crippen LogP contribution is 2.32. The summed E-state index contributed by atoms with van der Waals surface area (Å²) < 4.78 is 21.8. The first kappa shape index (κ1) is 23.0. The number of piperidine rings is 1. The molecule has 0 atom stereocenters. The van der Waals surface area contributed by atoms with Crippen LogP contribution in [0.4, 0.5) is 0 Å². The van der Waals surface area contributed by atoms with Gasteiger partial charge >= 0.3 is 0 Å². The molecular weight excluding hydrogens is 473 g/mol. The third-order valence-electron chi connectivity index (χ3n) is 4.77. The average Bonchev–Trinajstić information content (AvgIpc) is 3.17. The number of guanidine groups is 1. The molecule has 0 spiro atoms. The van der Waals surface area contributed by atoms with Gasteiger partial charge in [-0.15, -0.1) is 24.0 Å². The summed E-state index contributed by atoms with van der Waals surface area (Å²) >= 11 is 0. The largest absolute Gasteiger partial charge is 0.454 e. The molecular formula is C20H32IN3O4. The quantitative estimate of drug-likeness (QED) is 0.254. The molecule has 0 radical (unpaired) electrons. The SMILES string of the molecule is CCNC(=NCc1ccc2c(c1)OCO2)N1CCC(OCCCOC)CC1.I. The van der Waals surface area contributed by atoms with Gasteiger partial charge in [-0.25, -0.2) is 4.99 Å². The fourth-order valence-electron chi connectivity index (χ4n) is 3.32. The van der Waals surface area contributed by atoms with Crippen molar-refractivity contribution < 1.29 is 18.9 Å². The number of benzene rings is 1. The monoisotopic (exact) mass is 505 g/mol. The lowest BCUT2D eigenvalue weighted by molar-refractivity contribution is 0.00990. The van der Waals surface area contributed by atoms with Crippen molar-refractivity contribution in [2.45, 2.75) is 38.8 Å². The second-order valence-electron chi connectivity index (χ2n) is 6.76. The number of hydrogen-bond donors (Lipinski definition) is 1. The minimum atomic E-state index is 0. The van der Waals surface area contributed by atoms with E-state index in [0.717, 1.165) is 75.1 Å². The number of hydrogen-bond acceptors (Lipinski definition) is 5. The van der Waals surface area contributed by atoms with Gasteiger partial charge in [0.05, 0.1) is 12.6 Å². The van der Waals surface area contributed by atoms with E-state index in [9.17, 15) is 0 Å². The van der Waals surface area contributed by atoms with Crippen LogP contribution < -0.4 is 14.8 Å². The van der Waals surface area contributed by atoms with Crippen LogP contribution in [-0.2, 0) is 16.0 Å². The molecule has 3 rings (SSSR count). The van der Waals surface area contributed by atoms with Crippen molar-refractivity contribution in [2.24, 2.45) is 4.99 Å². The number of rotatable bonds is 8. The molecule has 8 heteroatoms. The van der Waals surface area contributed by atoms with Crippen molar-refractivity contribution in [3.63, 3.8) is 0 Å². The second-order valence-corrected chi connectivity index (χ2v) is 6.76. The molecule has 2 aliphatic heterocycles. The maximum Gasteiger partial charge on any atom is 0.231 e. The van der Waals surface area contributed by atoms with Crippen molar-refractivity contribution >= 4 is 29.9 Å². The van der Waals surface area contributed by atoms with Gasteiger partial charge in [0.25, 0.3) is 0 Å². The summed E-state index contributed by atoms with van der Waals surface area (Å²) in [4.78, 5) is 7.15. The lowest BCUT2D eigenvalue weighted by Crippen LogP contribution is -2.47. The Balaban J connectivity index is 0.00000280. The topological polar surface area (TPSA) is 64.6 Å². The molecule has 2 heterocycles. The molecule has 2 aliphatic rings. The third kappa shape index (κ3) is 6.66. The van der Waals surface area contributed by atoms with Crippen LogP contribution in [0.3, 0.4) is 0 Å². The maximum absolute atomic E-state index is 5.95. The number of nitrogens with zero attached hydrogens (tertiary/aromatic N) is 2. The van der Waals surface area contributed by atoms with Crippen LogP contribution in [0.2, 0.25) is 0 Å². The van der Waals surface area contributed by atoms with Gasteiger partial charge in [0.2, 0.25) is 6.79 Å². The first-order valence-corrected chi connectivity index (χ1v) is 9.82. The summed E-state index contributed by atoms with van der Waals surface area (Å²) in [6.45, 7) is 7.32. The molecule has 28 heavy (non-hydrogen) atoms. The first-order valence-electron chi connectivity index (χ1n) is 9.82. The van der Waals surface area contributed by atoms with E-state index in [1.54, 1.807) is 7.11 Å². The van der Waals surface area contributed by atoms with E-state index in [0.29, 0.717) is 19.4 Å². The smallest absolute Gasteiger partial charge is 0.231 e. The van der Waals surface area contributed by atoms with E-state index in [1.165, 1.54) is 0 Å². The normalized spacial score (nSPS) is 16.8. The molecule has 0 unspecified atom stereocenters. The van der Waals surface area contributed by atoms with Gasteiger partial charge in [0.15, 0.2) is 17.5 Å². The van der Waals surface area contributed by atoms with Crippen molar-refractivity contribution in [2.75, 3.05) is 46.8 Å². The minimum absolute atomic E-state index is 0. The number of fused-ring (bicyclic) bond motifs is 1. The molecule has 1 N–H and O–H groups in total. The lowest BCUT2D eigenvalue weighted by Gasteiger charge is -2.34. The van der Waals surface area contributed by atoms with Crippen molar-refractivity contribution in [1.82, 2.24) is 10.2 Å². The Morgan fingerprint density at radius 2 is 2.00 bits per heavy atom. The zero-order valence-corrected chi connectivity index (χ0v) is 19.1. The highest BCUT2D eigenvalue weighted by Gasteiger charge is 2.22. The molecule has 1 fully saturated rings. The average molecular weight is 505 g/mol. The second kappa shape index (κ2) is 12.3. The van der Waals surface area contributed by atoms with Gasteiger partial charge in [-0.1, -0.05) is 6.07 Å². The summed E-state index contributed by atoms with van der Waals surface area (Å²) in [6, 6.07) is 6.00. The molecule has 158 valence electrons. The molecule has 0 bridgehead atoms. The van der Waals surface area contributed by atoms with Gasteiger partial charge in [-0.2, -0.15) is 0 Å². The van der Waals surface area contributed by atoms with Crippen LogP contribution >= 0.6 is 24.0 Å². The summed E-state index contributed by atoms with van der Waals surface area (Å²) in [5, 5.41) is 3.41. The van der Waals surface area contributed by atoms with Crippen molar-refractivity contribution in [3.05, 3.63) is 23.8 Å². The summed E-state index contributed by atoms with van der Waals surface area (Å²) in [5.74, 6) is 2.58. The predicted octanol–water partition coefficient (Wildman–Crippen LogP) is 3.02. The molecule has 7 nitrogen and oxygen atoms in total. The lowest BCUT2D eigenvalue weighted by atomic mass is 10.1. The molecule has 1 saturated heterocycles. The third-order valence-corrected chi connectivity index (χ3v) is 4.77. The van der Waals surface area contributed by atoms with Gasteiger partial charge in [-0.05, 0) is 43.9 Å². The van der Waals surface area contributed by atoms with Crippen molar-refractivity contribution in [3.8, 4) is 11.5 Å². The summed E-state index contributed by atoms with van der Waals surface area (Å²) in [6.07, 6.45) is 3.36. The van der Waals surface area contributed by atoms with Crippen LogP contribution in [0.25, 0.3) is 0 Å². The van der Waals surface area contributed by atoms with Gasteiger partial charge in [0.1, 0.15) is 0 Å². The fraction of sp³-hybridized carbons (Fsp3) is 0.650. The summed E-state index contributed by atoms with van der Waals surface area (Å²) in [7, 11) is 1.73. The van der Waals surface area contributed by atoms with Crippen LogP contribution in [-0.4, -0.2) is 63.7 Å². The van der Waals surface area contributed by atoms with Gasteiger partial charge in [-0.3, -0.25) is 0 Å². The molecule has 0 aliphatic carbocycles. The zero-order chi connectivity index (χ0) is 18.9. The minimum Gasteiger partial charge on any atom is -0.454 e. The standard InChI is InChI=1S/C20H31N3O4.HI/c1-3-21-20(22-14-16-5-6-18-19(13-16)27-15-26-18)23-9-7-17(8-10-23)25-12-4-11-24-2;/h5-6,13,17H,3-4,7-12,14-15H2,1-2H3,(H,21,22);1H. The Hall–Kier alpha value is -1.26. The Morgan fingerprint density at radius 3 is 2.75 bits per heavy atom. The van der Waals surface area contributed by atoms with E-state index in [2.05, 4.69) is 17.1 Å². The van der Waals surface area contributed by atoms with Crippen LogP contribution in [0.1, 0.15) is 31.7 Å². The number of aliphatic imine (C=N–C) groups is 1. The molecule has 0 saturated carbocycles. The van der Waals surface area contributed by atoms with Crippen LogP contribution in [0.5, 0.6) is 11.5 Å². The Bertz CT molecular complexity index is 621. The number of methoxy groups -OCH3 is 1. The van der Waals surface area contributed by atoms with E-state index in [-0.39, 0.29) is 24.0 Å². The zero-order valence-electron chi connectivity index (χ0n) is 16.8. The van der Waals surface area contributed by atoms with E-state index in [4.69, 9.17) is 23.9 Å². The van der Waals surface area contributed by atoms with E-state index < -0.39 is 0 Å². The highest BCUT2D eigenvalue weighted by atomic mass is 127. The number of likely N-dealkylation sites (tertiary alicyclic amines) is 1. The molecule has 0 amide bonds. The number of ether oxygens (including phenoxy) is 4. The van der Waals surface area contributed by atoms with Crippen molar-refractivity contribution in [1.29, 1.82) is 0 Å². The Morgan fingerprint density at radius 1 is 1.21 bits per heavy atom. The Labute approximate surface area is 184 Å². The highest BCUT2D eigenvalue weighted by molar-refractivity contribution is 14.0. The summed E-state index contributed by atoms with van der Waals surface area (Å²) in [5.41, 5.74) is 1.12. The number of halogens is 1. The Kier molecular flexibility index (Phi) is 10.1. The maximum atomic E-state index is 5.95. The molecule has 1 aromatic rings. The molecule has 0 aromatic heterocycles. The number of nitrogens with one attached hydrogen (secondary N) is 1. The fourth-order valence-corrected chi connectivity index (χ4v) is 3.32. The van der Waals surface area contributed by atoms with E-state index >= 15 is 0 Å². The predicted molar refractivity (Wildman–Crippen MR) is 120 cm³/mol. The van der Waals surface area contributed by atoms with Crippen LogP contribution in [0, 0.1) is 0 Å². The van der Waals surface area contributed by atoms with Gasteiger partial charge < -0.3 is 29.2 Å². The van der Waals surface area contributed by atoms with Crippen LogP contribution in [0.15, 0.2) is 23.2 Å². The van der Waals surface area contributed by atoms with E-state index in [1.807, 2.05) is 18.2 Å². The first-order chi connectivity index (χ1) is 13.3.